The van der Waals surface area contributed by atoms with E-state index in [1.807, 2.05) is 0 Å². The van der Waals surface area contributed by atoms with Crippen LogP contribution in [0.3, 0.4) is 0 Å². The second kappa shape index (κ2) is 6.21. The first-order chi connectivity index (χ1) is 10.0. The van der Waals surface area contributed by atoms with E-state index >= 15 is 0 Å². The van der Waals surface area contributed by atoms with Crippen LogP contribution in [0.4, 0.5) is 0 Å². The van der Waals surface area contributed by atoms with Crippen LogP contribution in [0.5, 0.6) is 0 Å². The smallest absolute Gasteiger partial charge is 0.337 e. The van der Waals surface area contributed by atoms with Gasteiger partial charge in [-0.3, -0.25) is 4.79 Å². The van der Waals surface area contributed by atoms with Gasteiger partial charge in [0.2, 0.25) is 5.91 Å². The zero-order valence-electron chi connectivity index (χ0n) is 11.5. The molecule has 110 valence electrons. The molecule has 1 amide bonds. The molecule has 0 radical (unpaired) electrons. The largest absolute Gasteiger partial charge is 0.480 e. The van der Waals surface area contributed by atoms with Gasteiger partial charge in [-0.2, -0.15) is 0 Å². The van der Waals surface area contributed by atoms with Gasteiger partial charge < -0.3 is 14.7 Å². The molecule has 1 aliphatic rings. The van der Waals surface area contributed by atoms with Gasteiger partial charge in [-0.05, 0) is 30.2 Å². The standard InChI is InChI=1S/C15H15NO5/c1-21-15(20)11-4-2-10(3-5-11)8-9-16-12(14(18)19)6-7-13(16)17/h2-5,8-9,12H,6-7H2,1H3,(H,18,19)/t12-/m1/s1. The van der Waals surface area contributed by atoms with Crippen molar-refractivity contribution in [2.24, 2.45) is 0 Å². The van der Waals surface area contributed by atoms with Gasteiger partial charge in [0.1, 0.15) is 6.04 Å². The van der Waals surface area contributed by atoms with Crippen molar-refractivity contribution in [1.29, 1.82) is 0 Å². The summed E-state index contributed by atoms with van der Waals surface area (Å²) in [6.45, 7) is 0. The maximum atomic E-state index is 11.6. The fourth-order valence-corrected chi connectivity index (χ4v) is 2.15. The number of benzene rings is 1. The summed E-state index contributed by atoms with van der Waals surface area (Å²) in [5.74, 6) is -1.64. The minimum absolute atomic E-state index is 0.204. The molecule has 1 aliphatic heterocycles. The highest BCUT2D eigenvalue weighted by Gasteiger charge is 2.34. The molecule has 1 aromatic rings. The van der Waals surface area contributed by atoms with Gasteiger partial charge in [-0.1, -0.05) is 12.1 Å². The molecule has 1 aromatic carbocycles. The van der Waals surface area contributed by atoms with Gasteiger partial charge in [0.05, 0.1) is 12.7 Å². The molecule has 2 rings (SSSR count). The Labute approximate surface area is 121 Å². The molecule has 1 saturated heterocycles. The Kier molecular flexibility index (Phi) is 4.37. The summed E-state index contributed by atoms with van der Waals surface area (Å²) in [4.78, 5) is 35.2. The summed E-state index contributed by atoms with van der Waals surface area (Å²) in [5, 5.41) is 9.04. The third kappa shape index (κ3) is 3.28. The van der Waals surface area contributed by atoms with Crippen molar-refractivity contribution in [2.75, 3.05) is 7.11 Å². The molecule has 0 unspecified atom stereocenters. The van der Waals surface area contributed by atoms with Crippen molar-refractivity contribution in [2.45, 2.75) is 18.9 Å². The van der Waals surface area contributed by atoms with Gasteiger partial charge in [-0.15, -0.1) is 0 Å². The van der Waals surface area contributed by atoms with Gasteiger partial charge >= 0.3 is 11.9 Å². The Balaban J connectivity index is 2.11. The van der Waals surface area contributed by atoms with Crippen LogP contribution in [0.15, 0.2) is 30.5 Å². The van der Waals surface area contributed by atoms with Crippen molar-refractivity contribution >= 4 is 23.9 Å². The zero-order valence-corrected chi connectivity index (χ0v) is 11.5. The van der Waals surface area contributed by atoms with Crippen molar-refractivity contribution < 1.29 is 24.2 Å². The minimum Gasteiger partial charge on any atom is -0.480 e. The second-order valence-electron chi connectivity index (χ2n) is 4.62. The number of ether oxygens (including phenoxy) is 1. The van der Waals surface area contributed by atoms with Crippen molar-refractivity contribution in [1.82, 2.24) is 4.90 Å². The van der Waals surface area contributed by atoms with Crippen LogP contribution in [0.25, 0.3) is 6.08 Å². The lowest BCUT2D eigenvalue weighted by atomic mass is 10.1. The van der Waals surface area contributed by atoms with Crippen LogP contribution in [-0.4, -0.2) is 41.0 Å². The summed E-state index contributed by atoms with van der Waals surface area (Å²) >= 11 is 0. The molecule has 1 N–H and O–H groups in total. The van der Waals surface area contributed by atoms with Gasteiger partial charge in [0.15, 0.2) is 0 Å². The average Bonchev–Trinajstić information content (AvgIpc) is 2.86. The van der Waals surface area contributed by atoms with E-state index in [1.165, 1.54) is 18.2 Å². The Morgan fingerprint density at radius 3 is 2.57 bits per heavy atom. The molecular weight excluding hydrogens is 274 g/mol. The van der Waals surface area contributed by atoms with Crippen LogP contribution in [-0.2, 0) is 14.3 Å². The second-order valence-corrected chi connectivity index (χ2v) is 4.62. The van der Waals surface area contributed by atoms with Crippen LogP contribution in [0, 0.1) is 0 Å². The van der Waals surface area contributed by atoms with E-state index in [0.717, 1.165) is 5.56 Å². The molecule has 0 aliphatic carbocycles. The number of amides is 1. The van der Waals surface area contributed by atoms with E-state index in [1.54, 1.807) is 30.3 Å². The molecule has 21 heavy (non-hydrogen) atoms. The molecule has 6 heteroatoms. The number of carboxylic acids is 1. The Bertz CT molecular complexity index is 591. The normalized spacial score (nSPS) is 18.2. The third-order valence-corrected chi connectivity index (χ3v) is 3.30. The molecule has 6 nitrogen and oxygen atoms in total. The SMILES string of the molecule is COC(=O)c1ccc(C=CN2C(=O)CC[C@@H]2C(=O)O)cc1. The summed E-state index contributed by atoms with van der Waals surface area (Å²) in [5.41, 5.74) is 1.18. The molecule has 0 bridgehead atoms. The summed E-state index contributed by atoms with van der Waals surface area (Å²) in [6.07, 6.45) is 3.67. The first-order valence-corrected chi connectivity index (χ1v) is 6.43. The van der Waals surface area contributed by atoms with Gasteiger partial charge in [-0.25, -0.2) is 9.59 Å². The van der Waals surface area contributed by atoms with Crippen LogP contribution in [0.1, 0.15) is 28.8 Å². The summed E-state index contributed by atoms with van der Waals surface area (Å²) < 4.78 is 4.60. The number of aliphatic carboxylic acids is 1. The number of carboxylic acid groups (broad SMARTS) is 1. The number of carbonyl (C=O) groups is 3. The van der Waals surface area contributed by atoms with Crippen molar-refractivity contribution in [3.05, 3.63) is 41.6 Å². The van der Waals surface area contributed by atoms with E-state index in [2.05, 4.69) is 4.74 Å². The van der Waals surface area contributed by atoms with Crippen LogP contribution >= 0.6 is 0 Å². The van der Waals surface area contributed by atoms with Gasteiger partial charge in [0.25, 0.3) is 0 Å². The monoisotopic (exact) mass is 289 g/mol. The fourth-order valence-electron chi connectivity index (χ4n) is 2.15. The maximum Gasteiger partial charge on any atom is 0.337 e. The first kappa shape index (κ1) is 14.8. The van der Waals surface area contributed by atoms with E-state index < -0.39 is 18.0 Å². The summed E-state index contributed by atoms with van der Waals surface area (Å²) in [6, 6.07) is 5.79. The van der Waals surface area contributed by atoms with Crippen molar-refractivity contribution in [3.8, 4) is 0 Å². The molecule has 1 heterocycles. The fraction of sp³-hybridized carbons (Fsp3) is 0.267. The third-order valence-electron chi connectivity index (χ3n) is 3.30. The number of rotatable bonds is 4. The molecule has 1 atom stereocenters. The number of hydrogen-bond acceptors (Lipinski definition) is 4. The highest BCUT2D eigenvalue weighted by atomic mass is 16.5. The molecular formula is C15H15NO5. The number of carbonyl (C=O) groups excluding carboxylic acids is 2. The van der Waals surface area contributed by atoms with Gasteiger partial charge in [0, 0.05) is 12.6 Å². The van der Waals surface area contributed by atoms with Crippen LogP contribution in [0.2, 0.25) is 0 Å². The number of nitrogens with zero attached hydrogens (tertiary/aromatic N) is 1. The molecule has 1 fully saturated rings. The number of hydrogen-bond donors (Lipinski definition) is 1. The van der Waals surface area contributed by atoms with E-state index in [9.17, 15) is 14.4 Å². The number of esters is 1. The van der Waals surface area contributed by atoms with Crippen LogP contribution < -0.4 is 0 Å². The minimum atomic E-state index is -1.01. The predicted molar refractivity (Wildman–Crippen MR) is 74.3 cm³/mol. The van der Waals surface area contributed by atoms with E-state index in [-0.39, 0.29) is 12.3 Å². The number of likely N-dealkylation sites (tertiary alicyclic amines) is 1. The Morgan fingerprint density at radius 2 is 2.00 bits per heavy atom. The van der Waals surface area contributed by atoms with E-state index in [0.29, 0.717) is 12.0 Å². The lowest BCUT2D eigenvalue weighted by Gasteiger charge is -2.16. The summed E-state index contributed by atoms with van der Waals surface area (Å²) in [7, 11) is 1.31. The van der Waals surface area contributed by atoms with Crippen molar-refractivity contribution in [3.63, 3.8) is 0 Å². The zero-order chi connectivity index (χ0) is 15.4. The van der Waals surface area contributed by atoms with E-state index in [4.69, 9.17) is 5.11 Å². The maximum absolute atomic E-state index is 11.6. The number of methoxy groups -OCH3 is 1. The highest BCUT2D eigenvalue weighted by Crippen LogP contribution is 2.20. The predicted octanol–water partition coefficient (Wildman–Crippen LogP) is 1.52. The molecule has 0 saturated carbocycles. The average molecular weight is 289 g/mol. The first-order valence-electron chi connectivity index (χ1n) is 6.43. The lowest BCUT2D eigenvalue weighted by Crippen LogP contribution is -2.34. The lowest BCUT2D eigenvalue weighted by molar-refractivity contribution is -0.144. The topological polar surface area (TPSA) is 83.9 Å². The quantitative estimate of drug-likeness (QED) is 0.850. The molecule has 0 spiro atoms. The highest BCUT2D eigenvalue weighted by molar-refractivity contribution is 5.90. The Morgan fingerprint density at radius 1 is 1.33 bits per heavy atom. The molecule has 0 aromatic heterocycles. The Hall–Kier alpha value is -2.63.